The maximum atomic E-state index is 11.7. The van der Waals surface area contributed by atoms with Crippen molar-refractivity contribution in [2.24, 2.45) is 5.92 Å². The summed E-state index contributed by atoms with van der Waals surface area (Å²) < 4.78 is 6.57. The van der Waals surface area contributed by atoms with Gasteiger partial charge in [-0.05, 0) is 37.4 Å². The van der Waals surface area contributed by atoms with Crippen LogP contribution in [-0.2, 0) is 14.1 Å². The molecule has 0 aromatic rings. The number of rotatable bonds is 8. The number of nitrogens with zero attached hydrogens (tertiary/aromatic N) is 1. The van der Waals surface area contributed by atoms with E-state index >= 15 is 0 Å². The van der Waals surface area contributed by atoms with Crippen LogP contribution in [0.4, 0.5) is 0 Å². The van der Waals surface area contributed by atoms with Crippen molar-refractivity contribution in [2.45, 2.75) is 72.2 Å². The van der Waals surface area contributed by atoms with Gasteiger partial charge in [0.25, 0.3) is 5.91 Å². The number of carbonyl (C=O) groups is 1. The lowest BCUT2D eigenvalue weighted by atomic mass is 10.00. The van der Waals surface area contributed by atoms with E-state index in [0.717, 1.165) is 12.0 Å². The third-order valence-electron chi connectivity index (χ3n) is 4.84. The molecular formula is C19H37NO3Si. The zero-order valence-electron chi connectivity index (χ0n) is 17.3. The molecule has 0 heterocycles. The molecule has 0 aromatic carbocycles. The van der Waals surface area contributed by atoms with Crippen LogP contribution in [0.3, 0.4) is 0 Å². The van der Waals surface area contributed by atoms with E-state index in [1.807, 2.05) is 13.0 Å². The van der Waals surface area contributed by atoms with Gasteiger partial charge in [-0.15, -0.1) is 0 Å². The quantitative estimate of drug-likeness (QED) is 0.268. The van der Waals surface area contributed by atoms with Gasteiger partial charge in [0.2, 0.25) is 0 Å². The lowest BCUT2D eigenvalue weighted by Crippen LogP contribution is -2.45. The van der Waals surface area contributed by atoms with Crippen molar-refractivity contribution in [3.8, 4) is 0 Å². The predicted molar refractivity (Wildman–Crippen MR) is 104 cm³/mol. The molecule has 0 saturated carbocycles. The van der Waals surface area contributed by atoms with Gasteiger partial charge in [0.15, 0.2) is 8.32 Å². The summed E-state index contributed by atoms with van der Waals surface area (Å²) in [4.78, 5) is 16.6. The second-order valence-electron chi connectivity index (χ2n) is 7.95. The van der Waals surface area contributed by atoms with Gasteiger partial charge in [0.1, 0.15) is 0 Å². The number of hydroxylamine groups is 2. The van der Waals surface area contributed by atoms with E-state index in [1.165, 1.54) is 18.2 Å². The van der Waals surface area contributed by atoms with Crippen LogP contribution in [-0.4, -0.2) is 39.5 Å². The normalized spacial score (nSPS) is 16.3. The largest absolute Gasteiger partial charge is 0.413 e. The SMILES string of the molecule is CC[C@@H](O[Si](C)(C)C(C)(C)C)[C@@H](C)/C=C(C)/C=C/C(=O)N(C)OC. The average Bonchev–Trinajstić information content (AvgIpc) is 2.47. The van der Waals surface area contributed by atoms with Crippen molar-refractivity contribution >= 4 is 14.2 Å². The van der Waals surface area contributed by atoms with E-state index < -0.39 is 8.32 Å². The molecule has 24 heavy (non-hydrogen) atoms. The van der Waals surface area contributed by atoms with Crippen molar-refractivity contribution in [3.05, 3.63) is 23.8 Å². The molecule has 0 aliphatic rings. The Hall–Kier alpha value is -0.913. The monoisotopic (exact) mass is 355 g/mol. The van der Waals surface area contributed by atoms with Gasteiger partial charge < -0.3 is 4.43 Å². The highest BCUT2D eigenvalue weighted by molar-refractivity contribution is 6.74. The third-order valence-corrected chi connectivity index (χ3v) is 9.34. The first-order valence-corrected chi connectivity index (χ1v) is 11.6. The topological polar surface area (TPSA) is 38.8 Å². The minimum absolute atomic E-state index is 0.178. The number of likely N-dealkylation sites (N-methyl/N-ethyl adjacent to an activating group) is 1. The Morgan fingerprint density at radius 2 is 1.79 bits per heavy atom. The van der Waals surface area contributed by atoms with Crippen LogP contribution >= 0.6 is 0 Å². The molecule has 0 saturated heterocycles. The lowest BCUT2D eigenvalue weighted by molar-refractivity contribution is -0.162. The predicted octanol–water partition coefficient (Wildman–Crippen LogP) is 4.95. The van der Waals surface area contributed by atoms with Crippen molar-refractivity contribution in [1.29, 1.82) is 0 Å². The highest BCUT2D eigenvalue weighted by atomic mass is 28.4. The lowest BCUT2D eigenvalue weighted by Gasteiger charge is -2.40. The smallest absolute Gasteiger partial charge is 0.269 e. The van der Waals surface area contributed by atoms with E-state index in [4.69, 9.17) is 9.26 Å². The summed E-state index contributed by atoms with van der Waals surface area (Å²) in [5.74, 6) is 0.117. The Kier molecular flexibility index (Phi) is 9.18. The van der Waals surface area contributed by atoms with Gasteiger partial charge >= 0.3 is 0 Å². The molecule has 4 nitrogen and oxygen atoms in total. The number of hydrogen-bond donors (Lipinski definition) is 0. The van der Waals surface area contributed by atoms with Crippen LogP contribution in [0.1, 0.15) is 48.0 Å². The fourth-order valence-electron chi connectivity index (χ4n) is 2.09. The Balaban J connectivity index is 5.00. The molecule has 0 bridgehead atoms. The first kappa shape index (κ1) is 23.1. The summed E-state index contributed by atoms with van der Waals surface area (Å²) in [5, 5.41) is 1.40. The van der Waals surface area contributed by atoms with Crippen molar-refractivity contribution in [3.63, 3.8) is 0 Å². The van der Waals surface area contributed by atoms with Crippen LogP contribution in [0.15, 0.2) is 23.8 Å². The maximum absolute atomic E-state index is 11.7. The van der Waals surface area contributed by atoms with Crippen LogP contribution < -0.4 is 0 Å². The molecule has 0 fully saturated rings. The second kappa shape index (κ2) is 9.54. The molecule has 140 valence electrons. The fourth-order valence-corrected chi connectivity index (χ4v) is 3.58. The van der Waals surface area contributed by atoms with Crippen LogP contribution in [0, 0.1) is 5.92 Å². The molecule has 0 aliphatic carbocycles. The van der Waals surface area contributed by atoms with Crippen molar-refractivity contribution in [2.75, 3.05) is 14.2 Å². The minimum Gasteiger partial charge on any atom is -0.413 e. The van der Waals surface area contributed by atoms with Gasteiger partial charge in [-0.2, -0.15) is 0 Å². The summed E-state index contributed by atoms with van der Waals surface area (Å²) in [5.41, 5.74) is 1.05. The molecule has 0 radical (unpaired) electrons. The average molecular weight is 356 g/mol. The van der Waals surface area contributed by atoms with E-state index in [2.05, 4.69) is 53.8 Å². The molecule has 0 rings (SSSR count). The Bertz CT molecular complexity index is 464. The minimum atomic E-state index is -1.78. The van der Waals surface area contributed by atoms with Crippen LogP contribution in [0.2, 0.25) is 18.1 Å². The Morgan fingerprint density at radius 1 is 1.25 bits per heavy atom. The first-order chi connectivity index (χ1) is 10.9. The summed E-state index contributed by atoms with van der Waals surface area (Å²) in [6.07, 6.45) is 6.71. The first-order valence-electron chi connectivity index (χ1n) is 8.71. The van der Waals surface area contributed by atoms with Gasteiger partial charge in [-0.1, -0.05) is 52.3 Å². The summed E-state index contributed by atoms with van der Waals surface area (Å²) in [6, 6.07) is 0. The van der Waals surface area contributed by atoms with Gasteiger partial charge in [0, 0.05) is 13.1 Å². The van der Waals surface area contributed by atoms with E-state index in [9.17, 15) is 4.79 Å². The highest BCUT2D eigenvalue weighted by Crippen LogP contribution is 2.38. The summed E-state index contributed by atoms with van der Waals surface area (Å²) in [6.45, 7) is 17.7. The number of amides is 1. The second-order valence-corrected chi connectivity index (χ2v) is 12.7. The molecular weight excluding hydrogens is 318 g/mol. The van der Waals surface area contributed by atoms with E-state index in [0.29, 0.717) is 5.92 Å². The van der Waals surface area contributed by atoms with Crippen LogP contribution in [0.25, 0.3) is 0 Å². The zero-order chi connectivity index (χ0) is 19.1. The van der Waals surface area contributed by atoms with Gasteiger partial charge in [-0.3, -0.25) is 9.63 Å². The number of carbonyl (C=O) groups excluding carboxylic acids is 1. The molecule has 0 aromatic heterocycles. The standard InChI is InChI=1S/C19H37NO3Si/c1-11-17(23-24(9,10)19(4,5)6)16(3)14-15(2)12-13-18(21)20(7)22-8/h12-14,16-17H,11H2,1-10H3/b13-12+,15-14+/t16-,17+/m0/s1. The van der Waals surface area contributed by atoms with Crippen molar-refractivity contribution < 1.29 is 14.1 Å². The van der Waals surface area contributed by atoms with E-state index in [-0.39, 0.29) is 17.0 Å². The molecule has 0 spiro atoms. The third kappa shape index (κ3) is 7.32. The summed E-state index contributed by atoms with van der Waals surface area (Å²) >= 11 is 0. The fraction of sp³-hybridized carbons (Fsp3) is 0.737. The van der Waals surface area contributed by atoms with Crippen LogP contribution in [0.5, 0.6) is 0 Å². The molecule has 5 heteroatoms. The van der Waals surface area contributed by atoms with Gasteiger partial charge in [0.05, 0.1) is 13.2 Å². The number of allylic oxidation sites excluding steroid dienone is 2. The Labute approximate surface area is 150 Å². The van der Waals surface area contributed by atoms with Gasteiger partial charge in [-0.25, -0.2) is 5.06 Å². The van der Waals surface area contributed by atoms with E-state index in [1.54, 1.807) is 7.05 Å². The molecule has 1 amide bonds. The molecule has 2 atom stereocenters. The molecule has 0 N–H and O–H groups in total. The van der Waals surface area contributed by atoms with Crippen molar-refractivity contribution in [1.82, 2.24) is 5.06 Å². The molecule has 0 unspecified atom stereocenters. The zero-order valence-corrected chi connectivity index (χ0v) is 18.3. The molecule has 0 aliphatic heterocycles. The number of hydrogen-bond acceptors (Lipinski definition) is 3. The highest BCUT2D eigenvalue weighted by Gasteiger charge is 2.39. The Morgan fingerprint density at radius 3 is 2.21 bits per heavy atom. The maximum Gasteiger partial charge on any atom is 0.269 e. The summed E-state index contributed by atoms with van der Waals surface area (Å²) in [7, 11) is 1.28.